The molecule has 0 saturated heterocycles. The lowest BCUT2D eigenvalue weighted by Gasteiger charge is -2.07. The third kappa shape index (κ3) is 2.84. The van der Waals surface area contributed by atoms with Crippen LogP contribution < -0.4 is 4.74 Å². The number of pyridine rings is 1. The third-order valence-electron chi connectivity index (χ3n) is 2.25. The molecule has 0 fully saturated rings. The Morgan fingerprint density at radius 2 is 2.11 bits per heavy atom. The first-order valence-corrected chi connectivity index (χ1v) is 5.54. The highest BCUT2D eigenvalue weighted by molar-refractivity contribution is 6.32. The van der Waals surface area contributed by atoms with E-state index in [4.69, 9.17) is 16.3 Å². The van der Waals surface area contributed by atoms with Crippen LogP contribution in [0.25, 0.3) is 0 Å². The van der Waals surface area contributed by atoms with Crippen molar-refractivity contribution in [1.82, 2.24) is 4.98 Å². The average Bonchev–Trinajstić information content (AvgIpc) is 2.33. The standard InChI is InChI=1S/C13H9ClFNO2/c1-8(17)9-4-5-16-13(6-9)18-12-3-2-10(15)7-11(12)14/h2-7H,1H3. The van der Waals surface area contributed by atoms with Crippen molar-refractivity contribution >= 4 is 17.4 Å². The van der Waals surface area contributed by atoms with Gasteiger partial charge < -0.3 is 4.74 Å². The van der Waals surface area contributed by atoms with Crippen molar-refractivity contribution in [3.05, 3.63) is 52.9 Å². The van der Waals surface area contributed by atoms with Crippen LogP contribution in [-0.4, -0.2) is 10.8 Å². The van der Waals surface area contributed by atoms with Gasteiger partial charge in [-0.3, -0.25) is 4.79 Å². The topological polar surface area (TPSA) is 39.2 Å². The van der Waals surface area contributed by atoms with Crippen molar-refractivity contribution < 1.29 is 13.9 Å². The Morgan fingerprint density at radius 1 is 1.33 bits per heavy atom. The Morgan fingerprint density at radius 3 is 2.78 bits per heavy atom. The van der Waals surface area contributed by atoms with Crippen LogP contribution in [0, 0.1) is 5.82 Å². The van der Waals surface area contributed by atoms with Crippen LogP contribution in [0.2, 0.25) is 5.02 Å². The number of hydrogen-bond acceptors (Lipinski definition) is 3. The highest BCUT2D eigenvalue weighted by atomic mass is 35.5. The van der Waals surface area contributed by atoms with Gasteiger partial charge in [0.25, 0.3) is 0 Å². The van der Waals surface area contributed by atoms with Crippen LogP contribution in [0.15, 0.2) is 36.5 Å². The fourth-order valence-electron chi connectivity index (χ4n) is 1.35. The number of benzene rings is 1. The van der Waals surface area contributed by atoms with Gasteiger partial charge in [-0.1, -0.05) is 11.6 Å². The molecule has 18 heavy (non-hydrogen) atoms. The SMILES string of the molecule is CC(=O)c1ccnc(Oc2ccc(F)cc2Cl)c1. The fourth-order valence-corrected chi connectivity index (χ4v) is 1.56. The molecule has 92 valence electrons. The highest BCUT2D eigenvalue weighted by Crippen LogP contribution is 2.29. The van der Waals surface area contributed by atoms with Gasteiger partial charge in [0.05, 0.1) is 5.02 Å². The molecule has 2 aromatic rings. The zero-order chi connectivity index (χ0) is 13.1. The van der Waals surface area contributed by atoms with Gasteiger partial charge in [0.15, 0.2) is 5.78 Å². The molecule has 0 unspecified atom stereocenters. The van der Waals surface area contributed by atoms with E-state index in [2.05, 4.69) is 4.98 Å². The molecular formula is C13H9ClFNO2. The lowest BCUT2D eigenvalue weighted by molar-refractivity contribution is 0.101. The number of hydrogen-bond donors (Lipinski definition) is 0. The van der Waals surface area contributed by atoms with Gasteiger partial charge in [0.1, 0.15) is 11.6 Å². The lowest BCUT2D eigenvalue weighted by Crippen LogP contribution is -1.95. The number of Topliss-reactive ketones (excluding diaryl/α,β-unsaturated/α-hetero) is 1. The van der Waals surface area contributed by atoms with E-state index >= 15 is 0 Å². The molecule has 1 aromatic carbocycles. The predicted molar refractivity (Wildman–Crippen MR) is 65.7 cm³/mol. The van der Waals surface area contributed by atoms with Crippen molar-refractivity contribution in [3.63, 3.8) is 0 Å². The molecular weight excluding hydrogens is 257 g/mol. The maximum Gasteiger partial charge on any atom is 0.219 e. The number of halogens is 2. The van der Waals surface area contributed by atoms with E-state index in [0.717, 1.165) is 6.07 Å². The predicted octanol–water partition coefficient (Wildman–Crippen LogP) is 3.87. The minimum absolute atomic E-state index is 0.0903. The van der Waals surface area contributed by atoms with E-state index in [0.29, 0.717) is 5.56 Å². The summed E-state index contributed by atoms with van der Waals surface area (Å²) in [5.74, 6) is -0.0206. The molecule has 0 aliphatic rings. The molecule has 0 radical (unpaired) electrons. The van der Waals surface area contributed by atoms with Crippen molar-refractivity contribution in [1.29, 1.82) is 0 Å². The van der Waals surface area contributed by atoms with Crippen molar-refractivity contribution in [2.24, 2.45) is 0 Å². The normalized spacial score (nSPS) is 10.2. The van der Waals surface area contributed by atoms with Crippen molar-refractivity contribution in [2.45, 2.75) is 6.92 Å². The molecule has 0 atom stereocenters. The fraction of sp³-hybridized carbons (Fsp3) is 0.0769. The summed E-state index contributed by atoms with van der Waals surface area (Å²) in [5.41, 5.74) is 0.484. The first kappa shape index (κ1) is 12.5. The Labute approximate surface area is 108 Å². The average molecular weight is 266 g/mol. The maximum absolute atomic E-state index is 12.9. The van der Waals surface area contributed by atoms with E-state index in [-0.39, 0.29) is 22.4 Å². The number of ketones is 1. The molecule has 2 rings (SSSR count). The highest BCUT2D eigenvalue weighted by Gasteiger charge is 2.07. The largest absolute Gasteiger partial charge is 0.437 e. The molecule has 1 heterocycles. The van der Waals surface area contributed by atoms with Gasteiger partial charge in [-0.05, 0) is 31.2 Å². The molecule has 0 N–H and O–H groups in total. The monoisotopic (exact) mass is 265 g/mol. The van der Waals surface area contributed by atoms with E-state index in [1.807, 2.05) is 0 Å². The second-order valence-corrected chi connectivity index (χ2v) is 4.02. The maximum atomic E-state index is 12.9. The number of aromatic nitrogens is 1. The summed E-state index contributed by atoms with van der Waals surface area (Å²) in [6, 6.07) is 6.87. The molecule has 1 aromatic heterocycles. The van der Waals surface area contributed by atoms with Gasteiger partial charge in [0.2, 0.25) is 5.88 Å². The zero-order valence-electron chi connectivity index (χ0n) is 9.48. The number of nitrogens with zero attached hydrogens (tertiary/aromatic N) is 1. The molecule has 0 bridgehead atoms. The molecule has 0 saturated carbocycles. The first-order valence-electron chi connectivity index (χ1n) is 5.16. The second-order valence-electron chi connectivity index (χ2n) is 3.62. The van der Waals surface area contributed by atoms with E-state index in [9.17, 15) is 9.18 Å². The van der Waals surface area contributed by atoms with Gasteiger partial charge in [-0.15, -0.1) is 0 Å². The Kier molecular flexibility index (Phi) is 3.58. The summed E-state index contributed by atoms with van der Waals surface area (Å²) >= 11 is 5.82. The summed E-state index contributed by atoms with van der Waals surface area (Å²) in [5, 5.41) is 0.144. The zero-order valence-corrected chi connectivity index (χ0v) is 10.2. The minimum atomic E-state index is -0.446. The van der Waals surface area contributed by atoms with Crippen LogP contribution in [-0.2, 0) is 0 Å². The molecule has 0 aliphatic heterocycles. The molecule has 5 heteroatoms. The first-order chi connectivity index (χ1) is 8.56. The van der Waals surface area contributed by atoms with Crippen LogP contribution >= 0.6 is 11.6 Å². The lowest BCUT2D eigenvalue weighted by atomic mass is 10.2. The molecule has 0 amide bonds. The Bertz CT molecular complexity index is 601. The molecule has 3 nitrogen and oxygen atoms in total. The van der Waals surface area contributed by atoms with Crippen LogP contribution in [0.5, 0.6) is 11.6 Å². The smallest absolute Gasteiger partial charge is 0.219 e. The molecule has 0 aliphatic carbocycles. The van der Waals surface area contributed by atoms with Gasteiger partial charge in [0, 0.05) is 17.8 Å². The number of carbonyl (C=O) groups excluding carboxylic acids is 1. The van der Waals surface area contributed by atoms with Crippen molar-refractivity contribution in [3.8, 4) is 11.6 Å². The quantitative estimate of drug-likeness (QED) is 0.791. The second kappa shape index (κ2) is 5.14. The summed E-state index contributed by atoms with van der Waals surface area (Å²) in [7, 11) is 0. The Balaban J connectivity index is 2.28. The summed E-state index contributed by atoms with van der Waals surface area (Å²) < 4.78 is 18.2. The van der Waals surface area contributed by atoms with E-state index < -0.39 is 5.82 Å². The van der Waals surface area contributed by atoms with Crippen molar-refractivity contribution in [2.75, 3.05) is 0 Å². The van der Waals surface area contributed by atoms with E-state index in [1.54, 1.807) is 6.07 Å². The number of carbonyl (C=O) groups is 1. The summed E-state index contributed by atoms with van der Waals surface area (Å²) in [4.78, 5) is 15.2. The Hall–Kier alpha value is -1.94. The summed E-state index contributed by atoms with van der Waals surface area (Å²) in [6.45, 7) is 1.45. The summed E-state index contributed by atoms with van der Waals surface area (Å²) in [6.07, 6.45) is 1.46. The third-order valence-corrected chi connectivity index (χ3v) is 2.55. The van der Waals surface area contributed by atoms with Crippen LogP contribution in [0.3, 0.4) is 0 Å². The number of ether oxygens (including phenoxy) is 1. The van der Waals surface area contributed by atoms with E-state index in [1.165, 1.54) is 31.3 Å². The minimum Gasteiger partial charge on any atom is -0.437 e. The molecule has 0 spiro atoms. The van der Waals surface area contributed by atoms with Gasteiger partial charge in [-0.2, -0.15) is 0 Å². The number of rotatable bonds is 3. The van der Waals surface area contributed by atoms with Gasteiger partial charge in [-0.25, -0.2) is 9.37 Å². The van der Waals surface area contributed by atoms with Gasteiger partial charge >= 0.3 is 0 Å². The van der Waals surface area contributed by atoms with Crippen LogP contribution in [0.4, 0.5) is 4.39 Å². The van der Waals surface area contributed by atoms with Crippen LogP contribution in [0.1, 0.15) is 17.3 Å².